The van der Waals surface area contributed by atoms with Gasteiger partial charge >= 0.3 is 11.9 Å². The van der Waals surface area contributed by atoms with Crippen molar-refractivity contribution >= 4 is 14.3 Å². The lowest BCUT2D eigenvalue weighted by Crippen LogP contribution is -2.58. The normalized spacial score (nSPS) is 15.0. The molecule has 0 amide bonds. The number of esters is 1. The van der Waals surface area contributed by atoms with Gasteiger partial charge in [0, 0.05) is 0 Å². The quantitative estimate of drug-likeness (QED) is 0.363. The SMILES string of the molecule is CCCC(C)(C)[Si](C)(C)OC(N(C)C)C(F)(F)C(=O)OCC. The second-order valence-corrected chi connectivity index (χ2v) is 11.5. The molecule has 0 rings (SSSR count). The average Bonchev–Trinajstić information content (AvgIpc) is 2.35. The molecule has 0 N–H and O–H groups in total. The van der Waals surface area contributed by atoms with Gasteiger partial charge in [0.05, 0.1) is 6.61 Å². The van der Waals surface area contributed by atoms with Crippen molar-refractivity contribution < 1.29 is 22.7 Å². The summed E-state index contributed by atoms with van der Waals surface area (Å²) in [5.74, 6) is -5.24. The molecular weight excluding hydrogens is 308 g/mol. The highest BCUT2D eigenvalue weighted by Crippen LogP contribution is 2.44. The third kappa shape index (κ3) is 4.99. The van der Waals surface area contributed by atoms with Crippen LogP contribution in [0, 0.1) is 0 Å². The van der Waals surface area contributed by atoms with Crippen LogP contribution in [0.1, 0.15) is 40.5 Å². The molecule has 0 saturated carbocycles. The van der Waals surface area contributed by atoms with Crippen LogP contribution in [0.4, 0.5) is 8.78 Å². The van der Waals surface area contributed by atoms with Gasteiger partial charge in [-0.15, -0.1) is 0 Å². The van der Waals surface area contributed by atoms with Crippen molar-refractivity contribution in [1.82, 2.24) is 4.90 Å². The van der Waals surface area contributed by atoms with Crippen molar-refractivity contribution in [2.24, 2.45) is 0 Å². The Kier molecular flexibility index (Phi) is 7.64. The average molecular weight is 339 g/mol. The lowest BCUT2D eigenvalue weighted by molar-refractivity contribution is -0.201. The lowest BCUT2D eigenvalue weighted by Gasteiger charge is -2.44. The van der Waals surface area contributed by atoms with Gasteiger partial charge in [0.15, 0.2) is 14.5 Å². The van der Waals surface area contributed by atoms with Crippen molar-refractivity contribution in [2.75, 3.05) is 20.7 Å². The molecule has 0 saturated heterocycles. The maximum atomic E-state index is 14.4. The standard InChI is InChI=1S/C15H31F2NO3Si/c1-9-11-14(3,4)22(7,8)21-12(18(5)6)15(16,17)13(19)20-10-2/h12H,9-11H2,1-8H3. The van der Waals surface area contributed by atoms with Crippen molar-refractivity contribution in [3.8, 4) is 0 Å². The van der Waals surface area contributed by atoms with E-state index in [1.165, 1.54) is 25.9 Å². The summed E-state index contributed by atoms with van der Waals surface area (Å²) in [5.41, 5.74) is 0. The molecule has 0 heterocycles. The highest BCUT2D eigenvalue weighted by Gasteiger charge is 2.55. The maximum Gasteiger partial charge on any atom is 0.381 e. The minimum absolute atomic E-state index is 0.0866. The molecule has 0 aliphatic heterocycles. The number of nitrogens with zero attached hydrogens (tertiary/aromatic N) is 1. The largest absolute Gasteiger partial charge is 0.461 e. The predicted molar refractivity (Wildman–Crippen MR) is 86.6 cm³/mol. The number of hydrogen-bond donors (Lipinski definition) is 0. The summed E-state index contributed by atoms with van der Waals surface area (Å²) in [7, 11) is 0.477. The number of rotatable bonds is 9. The van der Waals surface area contributed by atoms with Crippen LogP contribution in [-0.4, -0.2) is 52.0 Å². The van der Waals surface area contributed by atoms with Crippen LogP contribution in [0.2, 0.25) is 18.1 Å². The number of carbonyl (C=O) groups excluding carboxylic acids is 1. The third-order valence-corrected chi connectivity index (χ3v) is 8.56. The monoisotopic (exact) mass is 339 g/mol. The highest BCUT2D eigenvalue weighted by molar-refractivity contribution is 6.74. The Morgan fingerprint density at radius 2 is 1.73 bits per heavy atom. The Labute approximate surface area is 134 Å². The van der Waals surface area contributed by atoms with Gasteiger partial charge in [-0.25, -0.2) is 4.79 Å². The summed E-state index contributed by atoms with van der Waals surface area (Å²) in [6.45, 7) is 11.4. The van der Waals surface area contributed by atoms with Gasteiger partial charge in [-0.3, -0.25) is 4.90 Å². The van der Waals surface area contributed by atoms with Crippen LogP contribution in [0.3, 0.4) is 0 Å². The predicted octanol–water partition coefficient (Wildman–Crippen LogP) is 3.87. The van der Waals surface area contributed by atoms with Gasteiger partial charge in [0.25, 0.3) is 0 Å². The molecule has 7 heteroatoms. The van der Waals surface area contributed by atoms with Gasteiger partial charge in [0.1, 0.15) is 0 Å². The molecule has 22 heavy (non-hydrogen) atoms. The molecule has 1 unspecified atom stereocenters. The number of hydrogen-bond acceptors (Lipinski definition) is 4. The van der Waals surface area contributed by atoms with E-state index >= 15 is 0 Å². The third-order valence-electron chi connectivity index (χ3n) is 4.24. The topological polar surface area (TPSA) is 38.8 Å². The minimum Gasteiger partial charge on any atom is -0.461 e. The molecule has 0 radical (unpaired) electrons. The van der Waals surface area contributed by atoms with Crippen LogP contribution in [0.5, 0.6) is 0 Å². The van der Waals surface area contributed by atoms with E-state index in [1.807, 2.05) is 26.9 Å². The van der Waals surface area contributed by atoms with Crippen LogP contribution < -0.4 is 0 Å². The summed E-state index contributed by atoms with van der Waals surface area (Å²) >= 11 is 0. The van der Waals surface area contributed by atoms with Crippen LogP contribution in [0.15, 0.2) is 0 Å². The van der Waals surface area contributed by atoms with Crippen molar-refractivity contribution in [3.63, 3.8) is 0 Å². The Morgan fingerprint density at radius 1 is 1.23 bits per heavy atom. The highest BCUT2D eigenvalue weighted by atomic mass is 28.4. The number of carbonyl (C=O) groups is 1. The van der Waals surface area contributed by atoms with E-state index in [2.05, 4.69) is 11.7 Å². The summed E-state index contributed by atoms with van der Waals surface area (Å²) < 4.78 is 39.2. The zero-order valence-electron chi connectivity index (χ0n) is 15.1. The molecular formula is C15H31F2NO3Si. The molecule has 0 bridgehead atoms. The summed E-state index contributed by atoms with van der Waals surface area (Å²) in [4.78, 5) is 12.9. The Hall–Kier alpha value is -0.533. The summed E-state index contributed by atoms with van der Waals surface area (Å²) in [5, 5.41) is -0.180. The van der Waals surface area contributed by atoms with Crippen molar-refractivity contribution in [2.45, 2.75) is 70.8 Å². The van der Waals surface area contributed by atoms with Gasteiger partial charge in [-0.05, 0) is 45.6 Å². The van der Waals surface area contributed by atoms with Gasteiger partial charge in [0.2, 0.25) is 0 Å². The van der Waals surface area contributed by atoms with Crippen molar-refractivity contribution in [3.05, 3.63) is 0 Å². The number of halogens is 2. The molecule has 0 aliphatic rings. The van der Waals surface area contributed by atoms with E-state index in [0.717, 1.165) is 12.8 Å². The van der Waals surface area contributed by atoms with Crippen molar-refractivity contribution in [1.29, 1.82) is 0 Å². The zero-order chi connectivity index (χ0) is 17.8. The first-order chi connectivity index (χ1) is 9.83. The molecule has 0 spiro atoms. The van der Waals surface area contributed by atoms with E-state index in [9.17, 15) is 13.6 Å². The molecule has 4 nitrogen and oxygen atoms in total. The number of alkyl halides is 2. The molecule has 0 aromatic carbocycles. The molecule has 0 fully saturated rings. The minimum atomic E-state index is -3.70. The maximum absolute atomic E-state index is 14.4. The lowest BCUT2D eigenvalue weighted by atomic mass is 10.1. The molecule has 0 aliphatic carbocycles. The molecule has 132 valence electrons. The summed E-state index contributed by atoms with van der Waals surface area (Å²) in [6.07, 6.45) is 0.217. The molecule has 0 aromatic heterocycles. The van der Waals surface area contributed by atoms with E-state index in [1.54, 1.807) is 0 Å². The van der Waals surface area contributed by atoms with Crippen LogP contribution >= 0.6 is 0 Å². The van der Waals surface area contributed by atoms with Gasteiger partial charge in [-0.1, -0.05) is 27.2 Å². The molecule has 1 atom stereocenters. The first-order valence-corrected chi connectivity index (χ1v) is 10.6. The fraction of sp³-hybridized carbons (Fsp3) is 0.933. The first kappa shape index (κ1) is 21.5. The second-order valence-electron chi connectivity index (χ2n) is 6.92. The fourth-order valence-electron chi connectivity index (χ4n) is 2.20. The van der Waals surface area contributed by atoms with E-state index in [0.29, 0.717) is 0 Å². The Morgan fingerprint density at radius 3 is 2.09 bits per heavy atom. The Bertz CT molecular complexity index is 374. The first-order valence-electron chi connectivity index (χ1n) is 7.72. The summed E-state index contributed by atoms with van der Waals surface area (Å²) in [6, 6.07) is 0. The van der Waals surface area contributed by atoms with Gasteiger partial charge < -0.3 is 9.16 Å². The molecule has 0 aromatic rings. The van der Waals surface area contributed by atoms with Crippen LogP contribution in [0.25, 0.3) is 0 Å². The number of ether oxygens (including phenoxy) is 1. The van der Waals surface area contributed by atoms with Gasteiger partial charge in [-0.2, -0.15) is 8.78 Å². The van der Waals surface area contributed by atoms with E-state index < -0.39 is 26.4 Å². The second kappa shape index (κ2) is 7.83. The van der Waals surface area contributed by atoms with Crippen LogP contribution in [-0.2, 0) is 14.0 Å². The van der Waals surface area contributed by atoms with E-state index in [-0.39, 0.29) is 11.6 Å². The Balaban J connectivity index is 5.41. The van der Waals surface area contributed by atoms with E-state index in [4.69, 9.17) is 4.43 Å². The smallest absolute Gasteiger partial charge is 0.381 e. The zero-order valence-corrected chi connectivity index (χ0v) is 16.1. The fourth-order valence-corrected chi connectivity index (χ4v) is 4.28.